The van der Waals surface area contributed by atoms with Crippen LogP contribution in [0.15, 0.2) is 46.3 Å². The molecule has 0 fully saturated rings. The van der Waals surface area contributed by atoms with Gasteiger partial charge in [0.25, 0.3) is 0 Å². The summed E-state index contributed by atoms with van der Waals surface area (Å²) in [5.74, 6) is 0.151. The van der Waals surface area contributed by atoms with E-state index in [-0.39, 0.29) is 5.91 Å². The SMILES string of the molecule is CCN(CC)CCN(C(=O)Cc1cccs1)c1cccc(Br)c1. The molecule has 3 nitrogen and oxygen atoms in total. The van der Waals surface area contributed by atoms with E-state index < -0.39 is 0 Å². The number of anilines is 1. The maximum Gasteiger partial charge on any atom is 0.232 e. The fourth-order valence-corrected chi connectivity index (χ4v) is 3.56. The molecule has 1 amide bonds. The number of carbonyl (C=O) groups is 1. The molecule has 0 saturated carbocycles. The summed E-state index contributed by atoms with van der Waals surface area (Å²) in [7, 11) is 0. The highest BCUT2D eigenvalue weighted by Gasteiger charge is 2.17. The standard InChI is InChI=1S/C18H23BrN2OS/c1-3-20(4-2)10-11-21(16-8-5-7-15(19)13-16)18(22)14-17-9-6-12-23-17/h5-9,12-13H,3-4,10-11,14H2,1-2H3. The van der Waals surface area contributed by atoms with Gasteiger partial charge in [0, 0.05) is 28.1 Å². The van der Waals surface area contributed by atoms with Crippen LogP contribution >= 0.6 is 27.3 Å². The summed E-state index contributed by atoms with van der Waals surface area (Å²) < 4.78 is 0.992. The van der Waals surface area contributed by atoms with Crippen LogP contribution < -0.4 is 4.90 Å². The molecule has 0 atom stereocenters. The monoisotopic (exact) mass is 394 g/mol. The third-order valence-corrected chi connectivity index (χ3v) is 5.23. The molecule has 0 bridgehead atoms. The molecule has 0 unspecified atom stereocenters. The highest BCUT2D eigenvalue weighted by Crippen LogP contribution is 2.21. The highest BCUT2D eigenvalue weighted by molar-refractivity contribution is 9.10. The van der Waals surface area contributed by atoms with Crippen LogP contribution in [0.5, 0.6) is 0 Å². The van der Waals surface area contributed by atoms with Gasteiger partial charge in [0.05, 0.1) is 6.42 Å². The third kappa shape index (κ3) is 5.44. The van der Waals surface area contributed by atoms with Crippen molar-refractivity contribution in [2.24, 2.45) is 0 Å². The van der Waals surface area contributed by atoms with Crippen LogP contribution in [0.25, 0.3) is 0 Å². The van der Waals surface area contributed by atoms with Gasteiger partial charge in [-0.15, -0.1) is 11.3 Å². The molecule has 0 aliphatic rings. The molecule has 5 heteroatoms. The first-order valence-electron chi connectivity index (χ1n) is 7.94. The molecule has 1 heterocycles. The lowest BCUT2D eigenvalue weighted by atomic mass is 10.2. The molecule has 1 aromatic carbocycles. The molecule has 0 aliphatic carbocycles. The number of likely N-dealkylation sites (N-methyl/N-ethyl adjacent to an activating group) is 1. The van der Waals surface area contributed by atoms with Gasteiger partial charge in [0.1, 0.15) is 0 Å². The minimum Gasteiger partial charge on any atom is -0.311 e. The molecule has 0 saturated heterocycles. The minimum absolute atomic E-state index is 0.151. The normalized spacial score (nSPS) is 11.0. The van der Waals surface area contributed by atoms with Crippen molar-refractivity contribution in [3.8, 4) is 0 Å². The zero-order valence-corrected chi connectivity index (χ0v) is 16.1. The fraction of sp³-hybridized carbons (Fsp3) is 0.389. The Bertz CT molecular complexity index is 611. The Morgan fingerprint density at radius 3 is 2.52 bits per heavy atom. The van der Waals surface area contributed by atoms with Crippen LogP contribution in [0.2, 0.25) is 0 Å². The summed E-state index contributed by atoms with van der Waals surface area (Å²) in [6.45, 7) is 7.91. The molecule has 0 radical (unpaired) electrons. The van der Waals surface area contributed by atoms with Gasteiger partial charge in [0.2, 0.25) is 5.91 Å². The Hall–Kier alpha value is -1.17. The Kier molecular flexibility index (Phi) is 7.27. The molecule has 0 aliphatic heterocycles. The van der Waals surface area contributed by atoms with E-state index in [0.717, 1.165) is 34.7 Å². The maximum atomic E-state index is 12.8. The van der Waals surface area contributed by atoms with E-state index in [1.54, 1.807) is 11.3 Å². The molecule has 2 rings (SSSR count). The van der Waals surface area contributed by atoms with Crippen LogP contribution in [0.4, 0.5) is 5.69 Å². The predicted molar refractivity (Wildman–Crippen MR) is 102 cm³/mol. The summed E-state index contributed by atoms with van der Waals surface area (Å²) in [6, 6.07) is 12.0. The Morgan fingerprint density at radius 2 is 1.91 bits per heavy atom. The molecular formula is C18H23BrN2OS. The van der Waals surface area contributed by atoms with E-state index in [9.17, 15) is 4.79 Å². The molecule has 2 aromatic rings. The van der Waals surface area contributed by atoms with Crippen LogP contribution in [-0.2, 0) is 11.2 Å². The summed E-state index contributed by atoms with van der Waals surface area (Å²) >= 11 is 5.13. The van der Waals surface area contributed by atoms with Crippen molar-refractivity contribution in [2.75, 3.05) is 31.1 Å². The van der Waals surface area contributed by atoms with Crippen LogP contribution in [0.3, 0.4) is 0 Å². The number of rotatable bonds is 8. The second kappa shape index (κ2) is 9.21. The summed E-state index contributed by atoms with van der Waals surface area (Å²) in [4.78, 5) is 18.2. The van der Waals surface area contributed by atoms with Gasteiger partial charge in [-0.2, -0.15) is 0 Å². The van der Waals surface area contributed by atoms with Crippen molar-refractivity contribution < 1.29 is 4.79 Å². The summed E-state index contributed by atoms with van der Waals surface area (Å²) in [6.07, 6.45) is 0.461. The lowest BCUT2D eigenvalue weighted by molar-refractivity contribution is -0.118. The van der Waals surface area contributed by atoms with Gasteiger partial charge in [-0.1, -0.05) is 41.9 Å². The van der Waals surface area contributed by atoms with Gasteiger partial charge in [-0.25, -0.2) is 0 Å². The second-order valence-corrected chi connectivity index (χ2v) is 7.26. The fourth-order valence-electron chi connectivity index (χ4n) is 2.48. The number of amides is 1. The topological polar surface area (TPSA) is 23.6 Å². The van der Waals surface area contributed by atoms with E-state index in [0.29, 0.717) is 13.0 Å². The lowest BCUT2D eigenvalue weighted by Crippen LogP contribution is -2.39. The molecule has 124 valence electrons. The first-order valence-corrected chi connectivity index (χ1v) is 9.62. The number of thiophene rings is 1. The first kappa shape index (κ1) is 18.2. The summed E-state index contributed by atoms with van der Waals surface area (Å²) in [5, 5.41) is 2.02. The van der Waals surface area contributed by atoms with E-state index >= 15 is 0 Å². The zero-order valence-electron chi connectivity index (χ0n) is 13.7. The molecular weight excluding hydrogens is 372 g/mol. The number of carbonyl (C=O) groups excluding carboxylic acids is 1. The zero-order chi connectivity index (χ0) is 16.7. The number of hydrogen-bond donors (Lipinski definition) is 0. The predicted octanol–water partition coefficient (Wildman–Crippen LogP) is 4.43. The van der Waals surface area contributed by atoms with E-state index in [4.69, 9.17) is 0 Å². The van der Waals surface area contributed by atoms with E-state index in [1.165, 1.54) is 0 Å². The number of hydrogen-bond acceptors (Lipinski definition) is 3. The number of benzene rings is 1. The van der Waals surface area contributed by atoms with Crippen molar-refractivity contribution in [3.05, 3.63) is 51.1 Å². The quantitative estimate of drug-likeness (QED) is 0.660. The van der Waals surface area contributed by atoms with Crippen molar-refractivity contribution in [1.82, 2.24) is 4.90 Å². The molecule has 23 heavy (non-hydrogen) atoms. The Labute approximate surface area is 151 Å². The van der Waals surface area contributed by atoms with Gasteiger partial charge in [-0.05, 0) is 42.7 Å². The van der Waals surface area contributed by atoms with Crippen LogP contribution in [0.1, 0.15) is 18.7 Å². The van der Waals surface area contributed by atoms with Gasteiger partial charge < -0.3 is 9.80 Å². The van der Waals surface area contributed by atoms with Crippen molar-refractivity contribution in [1.29, 1.82) is 0 Å². The summed E-state index contributed by atoms with van der Waals surface area (Å²) in [5.41, 5.74) is 0.952. The van der Waals surface area contributed by atoms with Crippen molar-refractivity contribution >= 4 is 38.9 Å². The van der Waals surface area contributed by atoms with Crippen LogP contribution in [0, 0.1) is 0 Å². The first-order chi connectivity index (χ1) is 11.1. The van der Waals surface area contributed by atoms with Crippen molar-refractivity contribution in [2.45, 2.75) is 20.3 Å². The van der Waals surface area contributed by atoms with Gasteiger partial charge >= 0.3 is 0 Å². The second-order valence-electron chi connectivity index (χ2n) is 5.31. The molecule has 0 spiro atoms. The maximum absolute atomic E-state index is 12.8. The molecule has 1 aromatic heterocycles. The lowest BCUT2D eigenvalue weighted by Gasteiger charge is -2.26. The Morgan fingerprint density at radius 1 is 1.13 bits per heavy atom. The van der Waals surface area contributed by atoms with E-state index in [1.807, 2.05) is 46.7 Å². The van der Waals surface area contributed by atoms with Crippen LogP contribution in [-0.4, -0.2) is 37.0 Å². The third-order valence-electron chi connectivity index (χ3n) is 3.86. The van der Waals surface area contributed by atoms with Gasteiger partial charge in [-0.3, -0.25) is 4.79 Å². The number of nitrogens with zero attached hydrogens (tertiary/aromatic N) is 2. The average Bonchev–Trinajstić information content (AvgIpc) is 3.04. The Balaban J connectivity index is 2.14. The largest absolute Gasteiger partial charge is 0.311 e. The van der Waals surface area contributed by atoms with Crippen molar-refractivity contribution in [3.63, 3.8) is 0 Å². The van der Waals surface area contributed by atoms with E-state index in [2.05, 4.69) is 34.7 Å². The average molecular weight is 395 g/mol. The minimum atomic E-state index is 0.151. The number of halogens is 1. The molecule has 0 N–H and O–H groups in total. The smallest absolute Gasteiger partial charge is 0.232 e. The highest BCUT2D eigenvalue weighted by atomic mass is 79.9. The van der Waals surface area contributed by atoms with Gasteiger partial charge in [0.15, 0.2) is 0 Å².